The van der Waals surface area contributed by atoms with Crippen LogP contribution in [0.15, 0.2) is 179 Å². The highest BCUT2D eigenvalue weighted by Crippen LogP contribution is 2.45. The van der Waals surface area contributed by atoms with Crippen molar-refractivity contribution in [1.29, 1.82) is 0 Å². The molecule has 0 aliphatic carbocycles. The molecule has 0 aliphatic heterocycles. The molecule has 11 rings (SSSR count). The minimum absolute atomic E-state index is 0.881. The molecule has 0 radical (unpaired) electrons. The van der Waals surface area contributed by atoms with Crippen LogP contribution in [0.4, 0.5) is 0 Å². The van der Waals surface area contributed by atoms with Gasteiger partial charge in [-0.15, -0.1) is 0 Å². The summed E-state index contributed by atoms with van der Waals surface area (Å²) >= 11 is 0. The summed E-state index contributed by atoms with van der Waals surface area (Å²) in [5.74, 6) is 0. The van der Waals surface area contributed by atoms with Crippen LogP contribution in [0.25, 0.3) is 110 Å². The van der Waals surface area contributed by atoms with Crippen LogP contribution in [0.2, 0.25) is 0 Å². The average molecular weight is 637 g/mol. The number of fused-ring (bicyclic) bond motifs is 10. The molecule has 9 aromatic carbocycles. The molecule has 2 heteroatoms. The molecule has 232 valence electrons. The van der Waals surface area contributed by atoms with E-state index in [0.29, 0.717) is 0 Å². The van der Waals surface area contributed by atoms with Crippen LogP contribution in [0.5, 0.6) is 0 Å². The van der Waals surface area contributed by atoms with Gasteiger partial charge in [0.05, 0.1) is 0 Å². The van der Waals surface area contributed by atoms with Gasteiger partial charge in [0.15, 0.2) is 0 Å². The fourth-order valence-corrected chi connectivity index (χ4v) is 8.18. The first-order chi connectivity index (χ1) is 24.8. The maximum Gasteiger partial charge on any atom is 0.136 e. The van der Waals surface area contributed by atoms with Crippen molar-refractivity contribution < 1.29 is 8.83 Å². The monoisotopic (exact) mass is 636 g/mol. The van der Waals surface area contributed by atoms with E-state index in [1.54, 1.807) is 0 Å². The number of benzene rings is 9. The zero-order valence-corrected chi connectivity index (χ0v) is 27.0. The van der Waals surface area contributed by atoms with E-state index in [2.05, 4.69) is 158 Å². The molecule has 0 N–H and O–H groups in total. The molecule has 0 unspecified atom stereocenters. The number of hydrogen-bond donors (Lipinski definition) is 0. The quantitative estimate of drug-likeness (QED) is 0.180. The third kappa shape index (κ3) is 3.96. The Bertz CT molecular complexity index is 3070. The van der Waals surface area contributed by atoms with E-state index in [0.717, 1.165) is 49.3 Å². The van der Waals surface area contributed by atoms with Gasteiger partial charge in [0.1, 0.15) is 22.3 Å². The van der Waals surface area contributed by atoms with E-state index in [1.807, 2.05) is 12.1 Å². The molecule has 2 aromatic heterocycles. The first kappa shape index (κ1) is 27.3. The molecule has 0 amide bonds. The Labute approximate surface area is 287 Å². The van der Waals surface area contributed by atoms with Crippen molar-refractivity contribution in [2.45, 2.75) is 0 Å². The predicted molar refractivity (Wildman–Crippen MR) is 210 cm³/mol. The molecule has 50 heavy (non-hydrogen) atoms. The smallest absolute Gasteiger partial charge is 0.136 e. The molecule has 0 saturated heterocycles. The summed E-state index contributed by atoms with van der Waals surface area (Å²) in [4.78, 5) is 0. The first-order valence-electron chi connectivity index (χ1n) is 17.1. The normalized spacial score (nSPS) is 12.0. The molecular formula is C48H28O2. The lowest BCUT2D eigenvalue weighted by atomic mass is 9.85. The van der Waals surface area contributed by atoms with E-state index in [1.165, 1.54) is 60.3 Å². The fourth-order valence-electron chi connectivity index (χ4n) is 8.18. The van der Waals surface area contributed by atoms with Crippen LogP contribution >= 0.6 is 0 Å². The Kier molecular flexibility index (Phi) is 5.70. The van der Waals surface area contributed by atoms with Gasteiger partial charge in [-0.3, -0.25) is 0 Å². The van der Waals surface area contributed by atoms with Crippen molar-refractivity contribution in [3.8, 4) is 33.4 Å². The second-order valence-corrected chi connectivity index (χ2v) is 13.2. The van der Waals surface area contributed by atoms with Gasteiger partial charge >= 0.3 is 0 Å². The number of furan rings is 2. The summed E-state index contributed by atoms with van der Waals surface area (Å²) in [6, 6.07) is 60.9. The van der Waals surface area contributed by atoms with Crippen molar-refractivity contribution in [2.75, 3.05) is 0 Å². The maximum absolute atomic E-state index is 6.55. The number of para-hydroxylation sites is 1. The zero-order chi connectivity index (χ0) is 32.8. The van der Waals surface area contributed by atoms with Crippen molar-refractivity contribution in [2.24, 2.45) is 0 Å². The lowest BCUT2D eigenvalue weighted by Crippen LogP contribution is -1.91. The Balaban J connectivity index is 1.13. The van der Waals surface area contributed by atoms with Crippen molar-refractivity contribution in [3.63, 3.8) is 0 Å². The molecule has 11 aromatic rings. The molecular weight excluding hydrogens is 609 g/mol. The van der Waals surface area contributed by atoms with E-state index < -0.39 is 0 Å². The topological polar surface area (TPSA) is 26.3 Å². The molecule has 0 fully saturated rings. The third-order valence-electron chi connectivity index (χ3n) is 10.4. The summed E-state index contributed by atoms with van der Waals surface area (Å²) in [5.41, 5.74) is 10.9. The van der Waals surface area contributed by atoms with Crippen LogP contribution in [0.1, 0.15) is 0 Å². The average Bonchev–Trinajstić information content (AvgIpc) is 3.74. The van der Waals surface area contributed by atoms with Gasteiger partial charge in [-0.1, -0.05) is 133 Å². The molecule has 2 heterocycles. The first-order valence-corrected chi connectivity index (χ1v) is 17.1. The van der Waals surface area contributed by atoms with Gasteiger partial charge in [0, 0.05) is 21.5 Å². The molecule has 0 bridgehead atoms. The van der Waals surface area contributed by atoms with Gasteiger partial charge < -0.3 is 8.83 Å². The minimum Gasteiger partial charge on any atom is -0.456 e. The largest absolute Gasteiger partial charge is 0.456 e. The van der Waals surface area contributed by atoms with Crippen molar-refractivity contribution in [1.82, 2.24) is 0 Å². The Morgan fingerprint density at radius 3 is 1.48 bits per heavy atom. The summed E-state index contributed by atoms with van der Waals surface area (Å²) in [7, 11) is 0. The highest BCUT2D eigenvalue weighted by Gasteiger charge is 2.19. The number of hydrogen-bond acceptors (Lipinski definition) is 2. The second kappa shape index (κ2) is 10.4. The van der Waals surface area contributed by atoms with E-state index in [-0.39, 0.29) is 0 Å². The zero-order valence-electron chi connectivity index (χ0n) is 27.0. The van der Waals surface area contributed by atoms with Crippen LogP contribution < -0.4 is 0 Å². The van der Waals surface area contributed by atoms with Crippen molar-refractivity contribution in [3.05, 3.63) is 170 Å². The van der Waals surface area contributed by atoms with Gasteiger partial charge in [0.2, 0.25) is 0 Å². The SMILES string of the molecule is c1ccc(-c2ccc(-c3c4ccccc4c(-c4ccc5oc6cc7c(ccc8oc9ccccc9c87)cc6c5c4)c4ccccc34)cc2)cc1. The number of rotatable bonds is 3. The Hall–Kier alpha value is -6.64. The molecule has 0 atom stereocenters. The maximum atomic E-state index is 6.55. The van der Waals surface area contributed by atoms with Crippen LogP contribution in [-0.4, -0.2) is 0 Å². The van der Waals surface area contributed by atoms with E-state index >= 15 is 0 Å². The van der Waals surface area contributed by atoms with Crippen LogP contribution in [-0.2, 0) is 0 Å². The van der Waals surface area contributed by atoms with Gasteiger partial charge in [-0.05, 0) is 102 Å². The van der Waals surface area contributed by atoms with Crippen molar-refractivity contribution >= 4 is 76.2 Å². The third-order valence-corrected chi connectivity index (χ3v) is 10.4. The van der Waals surface area contributed by atoms with Crippen LogP contribution in [0, 0.1) is 0 Å². The second-order valence-electron chi connectivity index (χ2n) is 13.2. The predicted octanol–water partition coefficient (Wildman–Crippen LogP) is 13.9. The van der Waals surface area contributed by atoms with Gasteiger partial charge in [0.25, 0.3) is 0 Å². The molecule has 0 saturated carbocycles. The highest BCUT2D eigenvalue weighted by atomic mass is 16.3. The fraction of sp³-hybridized carbons (Fsp3) is 0. The van der Waals surface area contributed by atoms with Crippen LogP contribution in [0.3, 0.4) is 0 Å². The van der Waals surface area contributed by atoms with Gasteiger partial charge in [-0.2, -0.15) is 0 Å². The summed E-state index contributed by atoms with van der Waals surface area (Å²) < 4.78 is 12.7. The minimum atomic E-state index is 0.881. The Morgan fingerprint density at radius 2 is 0.760 bits per heavy atom. The van der Waals surface area contributed by atoms with E-state index in [4.69, 9.17) is 8.83 Å². The highest BCUT2D eigenvalue weighted by molar-refractivity contribution is 6.24. The summed E-state index contributed by atoms with van der Waals surface area (Å²) in [5, 5.41) is 11.8. The Morgan fingerprint density at radius 1 is 0.260 bits per heavy atom. The van der Waals surface area contributed by atoms with E-state index in [9.17, 15) is 0 Å². The lowest BCUT2D eigenvalue weighted by Gasteiger charge is -2.18. The lowest BCUT2D eigenvalue weighted by molar-refractivity contribution is 0.669. The molecule has 0 spiro atoms. The summed E-state index contributed by atoms with van der Waals surface area (Å²) in [6.45, 7) is 0. The summed E-state index contributed by atoms with van der Waals surface area (Å²) in [6.07, 6.45) is 0. The molecule has 0 aliphatic rings. The standard InChI is InChI=1S/C48H28O2/c1-2-10-29(11-3-1)30-18-20-31(21-19-30)46-34-12-4-6-14-36(34)47(37-15-7-5-13-35(37)46)33-23-24-43-40(27-33)41-26-32-22-25-44-48(39(32)28-45(41)50-43)38-16-8-9-17-42(38)49-44/h1-28H. The van der Waals surface area contributed by atoms with Gasteiger partial charge in [-0.25, -0.2) is 0 Å². The molecule has 2 nitrogen and oxygen atoms in total.